The number of hydrogen-bond donors (Lipinski definition) is 1. The maximum Gasteiger partial charge on any atom is 0.120 e. The quantitative estimate of drug-likeness (QED) is 0.802. The van der Waals surface area contributed by atoms with Gasteiger partial charge < -0.3 is 14.7 Å². The summed E-state index contributed by atoms with van der Waals surface area (Å²) < 4.78 is 5.82. The van der Waals surface area contributed by atoms with E-state index in [2.05, 4.69) is 36.1 Å². The topological polar surface area (TPSA) is 32.7 Å². The van der Waals surface area contributed by atoms with Crippen LogP contribution in [0.3, 0.4) is 0 Å². The SMILES string of the molecule is CCN(CCCO)CCOc1ccc2ccccc2c1. The smallest absolute Gasteiger partial charge is 0.120 e. The third kappa shape index (κ3) is 4.22. The molecule has 0 spiro atoms. The Morgan fingerprint density at radius 1 is 1.05 bits per heavy atom. The van der Waals surface area contributed by atoms with Gasteiger partial charge in [0.1, 0.15) is 12.4 Å². The van der Waals surface area contributed by atoms with Crippen LogP contribution in [0.4, 0.5) is 0 Å². The number of benzene rings is 2. The Labute approximate surface area is 120 Å². The number of nitrogens with zero attached hydrogens (tertiary/aromatic N) is 1. The molecule has 1 N–H and O–H groups in total. The van der Waals surface area contributed by atoms with Gasteiger partial charge in [-0.15, -0.1) is 0 Å². The van der Waals surface area contributed by atoms with Crippen molar-refractivity contribution < 1.29 is 9.84 Å². The average molecular weight is 273 g/mol. The van der Waals surface area contributed by atoms with Crippen LogP contribution in [0.2, 0.25) is 0 Å². The van der Waals surface area contributed by atoms with Crippen LogP contribution in [0.15, 0.2) is 42.5 Å². The number of likely N-dealkylation sites (N-methyl/N-ethyl adjacent to an activating group) is 1. The third-order valence-electron chi connectivity index (χ3n) is 3.48. The first-order valence-electron chi connectivity index (χ1n) is 7.28. The Balaban J connectivity index is 1.85. The van der Waals surface area contributed by atoms with E-state index in [0.717, 1.165) is 31.8 Å². The zero-order chi connectivity index (χ0) is 14.2. The Hall–Kier alpha value is -1.58. The minimum Gasteiger partial charge on any atom is -0.492 e. The van der Waals surface area contributed by atoms with Crippen molar-refractivity contribution in [1.82, 2.24) is 4.90 Å². The molecule has 0 heterocycles. The normalized spacial score (nSPS) is 11.2. The predicted octanol–water partition coefficient (Wildman–Crippen LogP) is 2.92. The second kappa shape index (κ2) is 7.88. The minimum absolute atomic E-state index is 0.252. The zero-order valence-corrected chi connectivity index (χ0v) is 12.1. The van der Waals surface area contributed by atoms with Gasteiger partial charge in [0, 0.05) is 19.7 Å². The molecule has 0 aliphatic carbocycles. The number of fused-ring (bicyclic) bond motifs is 1. The molecule has 2 rings (SSSR count). The number of aliphatic hydroxyl groups is 1. The molecular weight excluding hydrogens is 250 g/mol. The van der Waals surface area contributed by atoms with Crippen molar-refractivity contribution in [2.45, 2.75) is 13.3 Å². The van der Waals surface area contributed by atoms with Gasteiger partial charge >= 0.3 is 0 Å². The molecule has 108 valence electrons. The fourth-order valence-electron chi connectivity index (χ4n) is 2.27. The van der Waals surface area contributed by atoms with E-state index in [9.17, 15) is 0 Å². The molecule has 0 unspecified atom stereocenters. The molecule has 3 heteroatoms. The molecule has 0 radical (unpaired) electrons. The first-order chi connectivity index (χ1) is 9.83. The summed E-state index contributed by atoms with van der Waals surface area (Å²) in [4.78, 5) is 2.29. The van der Waals surface area contributed by atoms with E-state index < -0.39 is 0 Å². The van der Waals surface area contributed by atoms with Gasteiger partial charge in [-0.25, -0.2) is 0 Å². The van der Waals surface area contributed by atoms with Crippen molar-refractivity contribution in [2.75, 3.05) is 32.8 Å². The lowest BCUT2D eigenvalue weighted by Gasteiger charge is -2.19. The average Bonchev–Trinajstić information content (AvgIpc) is 2.50. The summed E-state index contributed by atoms with van der Waals surface area (Å²) in [5, 5.41) is 11.3. The van der Waals surface area contributed by atoms with E-state index in [0.29, 0.717) is 6.61 Å². The van der Waals surface area contributed by atoms with Crippen LogP contribution in [0, 0.1) is 0 Å². The highest BCUT2D eigenvalue weighted by molar-refractivity contribution is 5.83. The van der Waals surface area contributed by atoms with Crippen molar-refractivity contribution in [3.05, 3.63) is 42.5 Å². The van der Waals surface area contributed by atoms with Gasteiger partial charge in [-0.3, -0.25) is 0 Å². The van der Waals surface area contributed by atoms with Gasteiger partial charge in [0.25, 0.3) is 0 Å². The van der Waals surface area contributed by atoms with Crippen LogP contribution >= 0.6 is 0 Å². The Bertz CT molecular complexity index is 527. The molecule has 2 aromatic rings. The summed E-state index contributed by atoms with van der Waals surface area (Å²) in [5.74, 6) is 0.918. The highest BCUT2D eigenvalue weighted by Gasteiger charge is 2.02. The molecule has 0 aromatic heterocycles. The van der Waals surface area contributed by atoms with Gasteiger partial charge in [-0.05, 0) is 35.9 Å². The zero-order valence-electron chi connectivity index (χ0n) is 12.1. The molecule has 20 heavy (non-hydrogen) atoms. The van der Waals surface area contributed by atoms with E-state index in [1.165, 1.54) is 10.8 Å². The van der Waals surface area contributed by atoms with Gasteiger partial charge in [0.05, 0.1) is 0 Å². The molecule has 2 aromatic carbocycles. The number of aliphatic hydroxyl groups excluding tert-OH is 1. The molecule has 0 aliphatic heterocycles. The molecular formula is C17H23NO2. The summed E-state index contributed by atoms with van der Waals surface area (Å²) in [6.07, 6.45) is 0.823. The Morgan fingerprint density at radius 3 is 2.60 bits per heavy atom. The van der Waals surface area contributed by atoms with Crippen molar-refractivity contribution in [3.63, 3.8) is 0 Å². The summed E-state index contributed by atoms with van der Waals surface area (Å²) in [6, 6.07) is 14.5. The van der Waals surface area contributed by atoms with Crippen molar-refractivity contribution in [3.8, 4) is 5.75 Å². The van der Waals surface area contributed by atoms with Crippen LogP contribution < -0.4 is 4.74 Å². The molecule has 0 saturated carbocycles. The summed E-state index contributed by atoms with van der Waals surface area (Å²) in [7, 11) is 0. The van der Waals surface area contributed by atoms with Gasteiger partial charge in [-0.1, -0.05) is 37.3 Å². The minimum atomic E-state index is 0.252. The lowest BCUT2D eigenvalue weighted by atomic mass is 10.1. The molecule has 0 aliphatic rings. The molecule has 0 bridgehead atoms. The third-order valence-corrected chi connectivity index (χ3v) is 3.48. The van der Waals surface area contributed by atoms with Crippen LogP contribution in [0.5, 0.6) is 5.75 Å². The highest BCUT2D eigenvalue weighted by atomic mass is 16.5. The van der Waals surface area contributed by atoms with Gasteiger partial charge in [-0.2, -0.15) is 0 Å². The standard InChI is InChI=1S/C17H23NO2/c1-2-18(10-5-12-19)11-13-20-17-9-8-15-6-3-4-7-16(15)14-17/h3-4,6-9,14,19H,2,5,10-13H2,1H3. The molecule has 0 fully saturated rings. The van der Waals surface area contributed by atoms with E-state index in [1.54, 1.807) is 0 Å². The van der Waals surface area contributed by atoms with Crippen molar-refractivity contribution in [2.24, 2.45) is 0 Å². The van der Waals surface area contributed by atoms with Crippen molar-refractivity contribution in [1.29, 1.82) is 0 Å². The van der Waals surface area contributed by atoms with Crippen LogP contribution in [-0.4, -0.2) is 42.9 Å². The fourth-order valence-corrected chi connectivity index (χ4v) is 2.27. The molecule has 0 atom stereocenters. The van der Waals surface area contributed by atoms with E-state index in [1.807, 2.05) is 18.2 Å². The number of hydrogen-bond acceptors (Lipinski definition) is 3. The summed E-state index contributed by atoms with van der Waals surface area (Å²) in [6.45, 7) is 5.87. The fraction of sp³-hybridized carbons (Fsp3) is 0.412. The monoisotopic (exact) mass is 273 g/mol. The van der Waals surface area contributed by atoms with E-state index in [4.69, 9.17) is 9.84 Å². The van der Waals surface area contributed by atoms with Crippen molar-refractivity contribution >= 4 is 10.8 Å². The largest absolute Gasteiger partial charge is 0.492 e. The second-order valence-corrected chi connectivity index (χ2v) is 4.87. The van der Waals surface area contributed by atoms with Crippen LogP contribution in [0.25, 0.3) is 10.8 Å². The van der Waals surface area contributed by atoms with Gasteiger partial charge in [0.2, 0.25) is 0 Å². The Morgan fingerprint density at radius 2 is 1.85 bits per heavy atom. The van der Waals surface area contributed by atoms with Crippen LogP contribution in [-0.2, 0) is 0 Å². The summed E-state index contributed by atoms with van der Waals surface area (Å²) >= 11 is 0. The second-order valence-electron chi connectivity index (χ2n) is 4.87. The first kappa shape index (κ1) is 14.8. The van der Waals surface area contributed by atoms with E-state index >= 15 is 0 Å². The highest BCUT2D eigenvalue weighted by Crippen LogP contribution is 2.20. The molecule has 3 nitrogen and oxygen atoms in total. The Kier molecular flexibility index (Phi) is 5.84. The van der Waals surface area contributed by atoms with E-state index in [-0.39, 0.29) is 6.61 Å². The van der Waals surface area contributed by atoms with Gasteiger partial charge in [0.15, 0.2) is 0 Å². The van der Waals surface area contributed by atoms with Crippen LogP contribution in [0.1, 0.15) is 13.3 Å². The lowest BCUT2D eigenvalue weighted by molar-refractivity contribution is 0.195. The number of ether oxygens (including phenoxy) is 1. The maximum atomic E-state index is 8.86. The summed E-state index contributed by atoms with van der Waals surface area (Å²) in [5.41, 5.74) is 0. The number of rotatable bonds is 8. The molecule has 0 amide bonds. The maximum absolute atomic E-state index is 8.86. The predicted molar refractivity (Wildman–Crippen MR) is 83.3 cm³/mol. The lowest BCUT2D eigenvalue weighted by Crippen LogP contribution is -2.29. The first-order valence-corrected chi connectivity index (χ1v) is 7.28. The molecule has 0 saturated heterocycles.